The molecule has 2 amide bonds. The molecule has 0 unspecified atom stereocenters. The van der Waals surface area contributed by atoms with Crippen LogP contribution in [-0.2, 0) is 11.3 Å². The van der Waals surface area contributed by atoms with E-state index >= 15 is 0 Å². The van der Waals surface area contributed by atoms with Gasteiger partial charge in [-0.15, -0.1) is 11.8 Å². The molecule has 1 fully saturated rings. The zero-order chi connectivity index (χ0) is 17.8. The Labute approximate surface area is 160 Å². The fourth-order valence-electron chi connectivity index (χ4n) is 2.56. The predicted molar refractivity (Wildman–Crippen MR) is 102 cm³/mol. The van der Waals surface area contributed by atoms with Crippen molar-refractivity contribution >= 4 is 46.8 Å². The number of rotatable bonds is 4. The number of thioether (sulfide) groups is 1. The lowest BCUT2D eigenvalue weighted by Crippen LogP contribution is -2.47. The van der Waals surface area contributed by atoms with Gasteiger partial charge in [-0.2, -0.15) is 0 Å². The highest BCUT2D eigenvalue weighted by Gasteiger charge is 2.35. The molecule has 2 aromatic carbocycles. The van der Waals surface area contributed by atoms with Crippen molar-refractivity contribution in [3.8, 4) is 0 Å². The van der Waals surface area contributed by atoms with Gasteiger partial charge in [0.2, 0.25) is 5.91 Å². The fourth-order valence-corrected chi connectivity index (χ4v) is 4.01. The molecule has 130 valence electrons. The summed E-state index contributed by atoms with van der Waals surface area (Å²) >= 11 is 13.4. The third-order valence-electron chi connectivity index (χ3n) is 3.92. The minimum atomic E-state index is -0.490. The van der Waals surface area contributed by atoms with E-state index < -0.39 is 6.04 Å². The van der Waals surface area contributed by atoms with Gasteiger partial charge in [-0.3, -0.25) is 9.59 Å². The Hall–Kier alpha value is -1.69. The Bertz CT molecular complexity index is 786. The summed E-state index contributed by atoms with van der Waals surface area (Å²) in [6.07, 6.45) is 0. The lowest BCUT2D eigenvalue weighted by Gasteiger charge is -2.23. The average molecular weight is 395 g/mol. The van der Waals surface area contributed by atoms with E-state index in [-0.39, 0.29) is 11.8 Å². The molecule has 0 bridgehead atoms. The van der Waals surface area contributed by atoms with Gasteiger partial charge in [0.15, 0.2) is 0 Å². The molecule has 0 spiro atoms. The monoisotopic (exact) mass is 394 g/mol. The van der Waals surface area contributed by atoms with Crippen LogP contribution in [0.25, 0.3) is 0 Å². The minimum Gasteiger partial charge on any atom is -0.350 e. The summed E-state index contributed by atoms with van der Waals surface area (Å²) in [5.41, 5.74) is 1.45. The van der Waals surface area contributed by atoms with E-state index in [0.29, 0.717) is 33.8 Å². The Morgan fingerprint density at radius 3 is 2.60 bits per heavy atom. The van der Waals surface area contributed by atoms with E-state index in [1.165, 1.54) is 6.07 Å². The number of amides is 2. The standard InChI is InChI=1S/C18H16Cl2N2O2S/c19-14-7-6-13(8-15(14)20)18(24)22-11-25-10-16(22)17(23)21-9-12-4-2-1-3-5-12/h1-8,16H,9-11H2,(H,21,23)/t16-/m1/s1. The first-order valence-corrected chi connectivity index (χ1v) is 9.62. The topological polar surface area (TPSA) is 49.4 Å². The van der Waals surface area contributed by atoms with E-state index in [2.05, 4.69) is 5.32 Å². The maximum atomic E-state index is 12.7. The number of halogens is 2. The number of carbonyl (C=O) groups is 2. The van der Waals surface area contributed by atoms with Crippen LogP contribution in [0.4, 0.5) is 0 Å². The molecule has 0 aromatic heterocycles. The minimum absolute atomic E-state index is 0.151. The van der Waals surface area contributed by atoms with E-state index in [9.17, 15) is 9.59 Å². The van der Waals surface area contributed by atoms with Crippen LogP contribution >= 0.6 is 35.0 Å². The first-order chi connectivity index (χ1) is 12.1. The van der Waals surface area contributed by atoms with Crippen molar-refractivity contribution < 1.29 is 9.59 Å². The van der Waals surface area contributed by atoms with Crippen molar-refractivity contribution in [3.05, 3.63) is 69.7 Å². The van der Waals surface area contributed by atoms with Gasteiger partial charge in [-0.05, 0) is 23.8 Å². The summed E-state index contributed by atoms with van der Waals surface area (Å²) in [5, 5.41) is 3.62. The van der Waals surface area contributed by atoms with Gasteiger partial charge in [0.1, 0.15) is 6.04 Å². The lowest BCUT2D eigenvalue weighted by molar-refractivity contribution is -0.124. The first-order valence-electron chi connectivity index (χ1n) is 7.71. The highest BCUT2D eigenvalue weighted by molar-refractivity contribution is 7.99. The van der Waals surface area contributed by atoms with Crippen LogP contribution in [0.1, 0.15) is 15.9 Å². The maximum absolute atomic E-state index is 12.7. The largest absolute Gasteiger partial charge is 0.350 e. The van der Waals surface area contributed by atoms with Crippen molar-refractivity contribution in [3.63, 3.8) is 0 Å². The molecule has 0 aliphatic carbocycles. The number of nitrogens with one attached hydrogen (secondary N) is 1. The Morgan fingerprint density at radius 1 is 1.12 bits per heavy atom. The van der Waals surface area contributed by atoms with Crippen LogP contribution in [0.3, 0.4) is 0 Å². The molecule has 1 heterocycles. The number of hydrogen-bond donors (Lipinski definition) is 1. The molecular weight excluding hydrogens is 379 g/mol. The van der Waals surface area contributed by atoms with Crippen molar-refractivity contribution in [2.45, 2.75) is 12.6 Å². The van der Waals surface area contributed by atoms with Crippen LogP contribution in [-0.4, -0.2) is 34.4 Å². The van der Waals surface area contributed by atoms with Crippen molar-refractivity contribution in [2.75, 3.05) is 11.6 Å². The van der Waals surface area contributed by atoms with Gasteiger partial charge in [0.25, 0.3) is 5.91 Å². The van der Waals surface area contributed by atoms with Gasteiger partial charge in [-0.25, -0.2) is 0 Å². The predicted octanol–water partition coefficient (Wildman–Crippen LogP) is 3.82. The van der Waals surface area contributed by atoms with E-state index in [0.717, 1.165) is 5.56 Å². The molecule has 25 heavy (non-hydrogen) atoms. The van der Waals surface area contributed by atoms with Crippen LogP contribution in [0, 0.1) is 0 Å². The zero-order valence-electron chi connectivity index (χ0n) is 13.2. The fraction of sp³-hybridized carbons (Fsp3) is 0.222. The van der Waals surface area contributed by atoms with Crippen molar-refractivity contribution in [1.82, 2.24) is 10.2 Å². The second-order valence-corrected chi connectivity index (χ2v) is 7.44. The van der Waals surface area contributed by atoms with Gasteiger partial charge in [0.05, 0.1) is 15.9 Å². The molecule has 0 saturated carbocycles. The van der Waals surface area contributed by atoms with Gasteiger partial charge < -0.3 is 10.2 Å². The second kappa shape index (κ2) is 8.13. The summed E-state index contributed by atoms with van der Waals surface area (Å²) < 4.78 is 0. The number of nitrogens with zero attached hydrogens (tertiary/aromatic N) is 1. The maximum Gasteiger partial charge on any atom is 0.255 e. The highest BCUT2D eigenvalue weighted by Crippen LogP contribution is 2.27. The molecule has 1 saturated heterocycles. The highest BCUT2D eigenvalue weighted by atomic mass is 35.5. The smallest absolute Gasteiger partial charge is 0.255 e. The molecular formula is C18H16Cl2N2O2S. The average Bonchev–Trinajstić information content (AvgIpc) is 3.12. The molecule has 1 aliphatic rings. The quantitative estimate of drug-likeness (QED) is 0.856. The van der Waals surface area contributed by atoms with Crippen LogP contribution in [0.5, 0.6) is 0 Å². The molecule has 1 aliphatic heterocycles. The van der Waals surface area contributed by atoms with Crippen molar-refractivity contribution in [2.24, 2.45) is 0 Å². The number of carbonyl (C=O) groups excluding carboxylic acids is 2. The second-order valence-electron chi connectivity index (χ2n) is 5.62. The molecule has 1 N–H and O–H groups in total. The molecule has 4 nitrogen and oxygen atoms in total. The van der Waals surface area contributed by atoms with Gasteiger partial charge >= 0.3 is 0 Å². The summed E-state index contributed by atoms with van der Waals surface area (Å²) in [6, 6.07) is 13.9. The van der Waals surface area contributed by atoms with Gasteiger partial charge in [-0.1, -0.05) is 53.5 Å². The molecule has 7 heteroatoms. The van der Waals surface area contributed by atoms with Crippen LogP contribution in [0.15, 0.2) is 48.5 Å². The van der Waals surface area contributed by atoms with E-state index in [4.69, 9.17) is 23.2 Å². The summed E-state index contributed by atoms with van der Waals surface area (Å²) in [7, 11) is 0. The van der Waals surface area contributed by atoms with E-state index in [1.807, 2.05) is 30.3 Å². The molecule has 2 aromatic rings. The van der Waals surface area contributed by atoms with Gasteiger partial charge in [0, 0.05) is 17.9 Å². The summed E-state index contributed by atoms with van der Waals surface area (Å²) in [4.78, 5) is 26.8. The lowest BCUT2D eigenvalue weighted by atomic mass is 10.1. The normalized spacial score (nSPS) is 16.7. The van der Waals surface area contributed by atoms with Crippen molar-refractivity contribution in [1.29, 1.82) is 0 Å². The third kappa shape index (κ3) is 4.29. The molecule has 0 radical (unpaired) electrons. The SMILES string of the molecule is O=C(NCc1ccccc1)[C@H]1CSCN1C(=O)c1ccc(Cl)c(Cl)c1. The third-order valence-corrected chi connectivity index (χ3v) is 5.67. The summed E-state index contributed by atoms with van der Waals surface area (Å²) in [5.74, 6) is 0.682. The Balaban J connectivity index is 1.67. The first kappa shape index (κ1) is 18.1. The molecule has 3 rings (SSSR count). The zero-order valence-corrected chi connectivity index (χ0v) is 15.6. The molecule has 1 atom stereocenters. The van der Waals surface area contributed by atoms with E-state index in [1.54, 1.807) is 28.8 Å². The number of benzene rings is 2. The number of hydrogen-bond acceptors (Lipinski definition) is 3. The van der Waals surface area contributed by atoms with Crippen LogP contribution in [0.2, 0.25) is 10.0 Å². The van der Waals surface area contributed by atoms with Crippen LogP contribution < -0.4 is 5.32 Å². The Kier molecular flexibility index (Phi) is 5.89. The Morgan fingerprint density at radius 2 is 1.88 bits per heavy atom. The summed E-state index contributed by atoms with van der Waals surface area (Å²) in [6.45, 7) is 0.440.